The predicted octanol–water partition coefficient (Wildman–Crippen LogP) is 4.46. The van der Waals surface area contributed by atoms with Gasteiger partial charge in [0.2, 0.25) is 5.89 Å². The molecule has 1 heterocycles. The Balaban J connectivity index is 1.71. The van der Waals surface area contributed by atoms with Gasteiger partial charge in [0, 0.05) is 5.56 Å². The second-order valence-electron chi connectivity index (χ2n) is 6.25. The van der Waals surface area contributed by atoms with Crippen molar-refractivity contribution in [2.75, 3.05) is 20.3 Å². The Morgan fingerprint density at radius 1 is 1.00 bits per heavy atom. The van der Waals surface area contributed by atoms with E-state index in [0.29, 0.717) is 36.2 Å². The summed E-state index contributed by atoms with van der Waals surface area (Å²) in [6, 6.07) is 12.1. The van der Waals surface area contributed by atoms with Crippen molar-refractivity contribution in [1.29, 1.82) is 0 Å². The number of benzene rings is 2. The molecule has 0 spiro atoms. The third-order valence-corrected chi connectivity index (χ3v) is 4.19. The normalized spacial score (nSPS) is 11.6. The molecule has 0 aliphatic rings. The molecule has 158 valence electrons. The van der Waals surface area contributed by atoms with Crippen LogP contribution < -0.4 is 14.2 Å². The van der Waals surface area contributed by atoms with Crippen molar-refractivity contribution >= 4 is 5.97 Å². The molecule has 30 heavy (non-hydrogen) atoms. The number of ether oxygens (including phenoxy) is 4. The highest BCUT2D eigenvalue weighted by atomic mass is 16.6. The number of carbonyl (C=O) groups excluding carboxylic acids is 1. The summed E-state index contributed by atoms with van der Waals surface area (Å²) < 4.78 is 27.4. The fourth-order valence-electron chi connectivity index (χ4n) is 2.71. The van der Waals surface area contributed by atoms with Crippen molar-refractivity contribution in [3.8, 4) is 28.7 Å². The lowest BCUT2D eigenvalue weighted by atomic mass is 10.2. The molecule has 3 aromatic rings. The van der Waals surface area contributed by atoms with Crippen LogP contribution in [0.25, 0.3) is 11.5 Å². The van der Waals surface area contributed by atoms with E-state index in [1.165, 1.54) is 0 Å². The van der Waals surface area contributed by atoms with Gasteiger partial charge < -0.3 is 23.4 Å². The summed E-state index contributed by atoms with van der Waals surface area (Å²) >= 11 is 0. The summed E-state index contributed by atoms with van der Waals surface area (Å²) in [6.45, 7) is 6.35. The largest absolute Gasteiger partial charge is 0.497 e. The fraction of sp³-hybridized carbons (Fsp3) is 0.318. The van der Waals surface area contributed by atoms with E-state index < -0.39 is 12.1 Å². The zero-order valence-corrected chi connectivity index (χ0v) is 17.4. The van der Waals surface area contributed by atoms with Gasteiger partial charge in [-0.1, -0.05) is 0 Å². The second kappa shape index (κ2) is 9.78. The standard InChI is InChI=1S/C22H24N2O6/c1-5-27-18-12-9-16(13-19(18)28-6-2)22(25)29-14(3)20-23-24-21(30-20)15-7-10-17(26-4)11-8-15/h7-14H,5-6H2,1-4H3/t14-/m1/s1. The molecule has 0 radical (unpaired) electrons. The second-order valence-corrected chi connectivity index (χ2v) is 6.25. The van der Waals surface area contributed by atoms with Crippen LogP contribution in [0.2, 0.25) is 0 Å². The number of carbonyl (C=O) groups is 1. The maximum atomic E-state index is 12.6. The predicted molar refractivity (Wildman–Crippen MR) is 109 cm³/mol. The van der Waals surface area contributed by atoms with Crippen LogP contribution in [-0.2, 0) is 4.74 Å². The van der Waals surface area contributed by atoms with Crippen LogP contribution >= 0.6 is 0 Å². The number of aromatic nitrogens is 2. The third kappa shape index (κ3) is 4.89. The Morgan fingerprint density at radius 3 is 2.37 bits per heavy atom. The maximum absolute atomic E-state index is 12.6. The van der Waals surface area contributed by atoms with Gasteiger partial charge in [-0.25, -0.2) is 4.79 Å². The van der Waals surface area contributed by atoms with E-state index in [0.717, 1.165) is 11.3 Å². The molecule has 1 aromatic heterocycles. The first-order valence-electron chi connectivity index (χ1n) is 9.64. The summed E-state index contributed by atoms with van der Waals surface area (Å²) in [5.74, 6) is 1.78. The number of esters is 1. The van der Waals surface area contributed by atoms with Gasteiger partial charge in [0.05, 0.1) is 25.9 Å². The Labute approximate surface area is 174 Å². The lowest BCUT2D eigenvalue weighted by Crippen LogP contribution is -2.10. The summed E-state index contributed by atoms with van der Waals surface area (Å²) in [5.41, 5.74) is 1.07. The molecule has 2 aromatic carbocycles. The summed E-state index contributed by atoms with van der Waals surface area (Å²) in [7, 11) is 1.59. The van der Waals surface area contributed by atoms with Gasteiger partial charge in [-0.2, -0.15) is 0 Å². The summed E-state index contributed by atoms with van der Waals surface area (Å²) in [5, 5.41) is 8.03. The molecule has 0 fully saturated rings. The van der Waals surface area contributed by atoms with Crippen molar-refractivity contribution in [2.24, 2.45) is 0 Å². The maximum Gasteiger partial charge on any atom is 0.339 e. The van der Waals surface area contributed by atoms with Gasteiger partial charge in [-0.3, -0.25) is 0 Å². The smallest absolute Gasteiger partial charge is 0.339 e. The number of nitrogens with zero attached hydrogens (tertiary/aromatic N) is 2. The van der Waals surface area contributed by atoms with Crippen molar-refractivity contribution in [3.05, 3.63) is 53.9 Å². The highest BCUT2D eigenvalue weighted by molar-refractivity contribution is 5.90. The summed E-state index contributed by atoms with van der Waals surface area (Å²) in [4.78, 5) is 12.6. The van der Waals surface area contributed by atoms with Crippen LogP contribution in [0.3, 0.4) is 0 Å². The average Bonchev–Trinajstić information content (AvgIpc) is 3.26. The number of hydrogen-bond acceptors (Lipinski definition) is 8. The van der Waals surface area contributed by atoms with Gasteiger partial charge >= 0.3 is 5.97 Å². The lowest BCUT2D eigenvalue weighted by Gasteiger charge is -2.13. The van der Waals surface area contributed by atoms with Gasteiger partial charge in [0.15, 0.2) is 17.6 Å². The van der Waals surface area contributed by atoms with E-state index in [-0.39, 0.29) is 5.89 Å². The zero-order valence-electron chi connectivity index (χ0n) is 17.4. The summed E-state index contributed by atoms with van der Waals surface area (Å²) in [6.07, 6.45) is -0.723. The Bertz CT molecular complexity index is 984. The zero-order chi connectivity index (χ0) is 21.5. The molecule has 1 atom stereocenters. The molecule has 3 rings (SSSR count). The van der Waals surface area contributed by atoms with E-state index in [1.807, 2.05) is 26.0 Å². The molecule has 0 unspecified atom stereocenters. The minimum absolute atomic E-state index is 0.199. The Kier molecular flexibility index (Phi) is 6.90. The highest BCUT2D eigenvalue weighted by Crippen LogP contribution is 2.30. The molecular weight excluding hydrogens is 388 g/mol. The fourth-order valence-corrected chi connectivity index (χ4v) is 2.71. The number of methoxy groups -OCH3 is 1. The van der Waals surface area contributed by atoms with E-state index in [2.05, 4.69) is 10.2 Å². The molecule has 0 bridgehead atoms. The van der Waals surface area contributed by atoms with Crippen molar-refractivity contribution in [3.63, 3.8) is 0 Å². The first kappa shape index (κ1) is 21.2. The molecule has 0 N–H and O–H groups in total. The topological polar surface area (TPSA) is 92.9 Å². The Morgan fingerprint density at radius 2 is 1.70 bits per heavy atom. The van der Waals surface area contributed by atoms with Crippen LogP contribution in [0.5, 0.6) is 17.2 Å². The van der Waals surface area contributed by atoms with Crippen LogP contribution in [0, 0.1) is 0 Å². The van der Waals surface area contributed by atoms with Gasteiger partial charge in [-0.15, -0.1) is 10.2 Å². The number of rotatable bonds is 9. The minimum atomic E-state index is -0.723. The van der Waals surface area contributed by atoms with Gasteiger partial charge in [0.25, 0.3) is 5.89 Å². The third-order valence-electron chi connectivity index (χ3n) is 4.19. The van der Waals surface area contributed by atoms with Crippen molar-refractivity contribution in [2.45, 2.75) is 26.9 Å². The van der Waals surface area contributed by atoms with Crippen LogP contribution in [0.1, 0.15) is 43.1 Å². The highest BCUT2D eigenvalue weighted by Gasteiger charge is 2.21. The van der Waals surface area contributed by atoms with Crippen molar-refractivity contribution in [1.82, 2.24) is 10.2 Å². The van der Waals surface area contributed by atoms with Crippen LogP contribution in [0.4, 0.5) is 0 Å². The molecule has 0 aliphatic carbocycles. The van der Waals surface area contributed by atoms with E-state index in [4.69, 9.17) is 23.4 Å². The van der Waals surface area contributed by atoms with Gasteiger partial charge in [-0.05, 0) is 63.2 Å². The lowest BCUT2D eigenvalue weighted by molar-refractivity contribution is 0.0279. The Hall–Kier alpha value is -3.55. The van der Waals surface area contributed by atoms with Crippen LogP contribution in [0.15, 0.2) is 46.9 Å². The van der Waals surface area contributed by atoms with E-state index >= 15 is 0 Å². The monoisotopic (exact) mass is 412 g/mol. The molecule has 0 saturated heterocycles. The van der Waals surface area contributed by atoms with Crippen LogP contribution in [-0.4, -0.2) is 36.5 Å². The minimum Gasteiger partial charge on any atom is -0.497 e. The molecule has 8 heteroatoms. The SMILES string of the molecule is CCOc1ccc(C(=O)O[C@H](C)c2nnc(-c3ccc(OC)cc3)o2)cc1OCC. The molecular formula is C22H24N2O6. The molecule has 0 amide bonds. The van der Waals surface area contributed by atoms with Gasteiger partial charge in [0.1, 0.15) is 5.75 Å². The first-order valence-corrected chi connectivity index (χ1v) is 9.64. The molecule has 0 aliphatic heterocycles. The quantitative estimate of drug-likeness (QED) is 0.476. The first-order chi connectivity index (χ1) is 14.5. The van der Waals surface area contributed by atoms with E-state index in [1.54, 1.807) is 44.4 Å². The van der Waals surface area contributed by atoms with E-state index in [9.17, 15) is 4.79 Å². The molecule has 8 nitrogen and oxygen atoms in total. The number of hydrogen-bond donors (Lipinski definition) is 0. The van der Waals surface area contributed by atoms with Crippen molar-refractivity contribution < 1.29 is 28.2 Å². The average molecular weight is 412 g/mol. The molecule has 0 saturated carbocycles.